The van der Waals surface area contributed by atoms with Crippen LogP contribution in [0.25, 0.3) is 0 Å². The molecule has 3 nitrogen and oxygen atoms in total. The van der Waals surface area contributed by atoms with E-state index >= 15 is 0 Å². The van der Waals surface area contributed by atoms with Crippen LogP contribution >= 0.6 is 0 Å². The lowest BCUT2D eigenvalue weighted by Gasteiger charge is -2.36. The van der Waals surface area contributed by atoms with E-state index in [1.54, 1.807) is 0 Å². The van der Waals surface area contributed by atoms with Crippen molar-refractivity contribution in [3.63, 3.8) is 0 Å². The topological polar surface area (TPSA) is 46.3 Å². The first kappa shape index (κ1) is 13.5. The number of nitrogens with two attached hydrogens (primary N) is 1. The Kier molecular flexibility index (Phi) is 5.26. The van der Waals surface area contributed by atoms with Crippen LogP contribution in [0, 0.1) is 5.41 Å². The summed E-state index contributed by atoms with van der Waals surface area (Å²) in [5.41, 5.74) is 5.41. The van der Waals surface area contributed by atoms with Crippen LogP contribution in [0.4, 0.5) is 0 Å². The van der Waals surface area contributed by atoms with Gasteiger partial charge in [-0.15, -0.1) is 0 Å². The van der Waals surface area contributed by atoms with Crippen molar-refractivity contribution in [3.8, 4) is 0 Å². The highest BCUT2D eigenvalue weighted by Crippen LogP contribution is 2.37. The highest BCUT2D eigenvalue weighted by atomic mass is 16.2. The Morgan fingerprint density at radius 3 is 2.44 bits per heavy atom. The molecule has 1 fully saturated rings. The summed E-state index contributed by atoms with van der Waals surface area (Å²) in [6.07, 6.45) is 6.73. The summed E-state index contributed by atoms with van der Waals surface area (Å²) >= 11 is 0. The van der Waals surface area contributed by atoms with E-state index in [-0.39, 0.29) is 5.41 Å². The lowest BCUT2D eigenvalue weighted by molar-refractivity contribution is -0.143. The summed E-state index contributed by atoms with van der Waals surface area (Å²) in [5, 5.41) is 0. The Morgan fingerprint density at radius 1 is 1.31 bits per heavy atom. The average Bonchev–Trinajstić information content (AvgIpc) is 2.31. The number of rotatable bonds is 5. The molecule has 1 saturated carbocycles. The van der Waals surface area contributed by atoms with Crippen LogP contribution in [0.3, 0.4) is 0 Å². The van der Waals surface area contributed by atoms with Crippen molar-refractivity contribution in [1.82, 2.24) is 4.90 Å². The molecule has 0 radical (unpaired) electrons. The van der Waals surface area contributed by atoms with Crippen molar-refractivity contribution in [2.75, 3.05) is 19.6 Å². The molecule has 0 aromatic carbocycles. The highest BCUT2D eigenvalue weighted by molar-refractivity contribution is 5.82. The normalized spacial score (nSPS) is 19.4. The van der Waals surface area contributed by atoms with E-state index in [2.05, 4.69) is 13.8 Å². The first-order valence-corrected chi connectivity index (χ1v) is 6.63. The lowest BCUT2D eigenvalue weighted by Crippen LogP contribution is -2.44. The van der Waals surface area contributed by atoms with Gasteiger partial charge in [0.1, 0.15) is 0 Å². The van der Waals surface area contributed by atoms with Crippen LogP contribution in [-0.4, -0.2) is 30.4 Å². The second kappa shape index (κ2) is 6.24. The molecular formula is C13H26N2O. The molecule has 2 N–H and O–H groups in total. The minimum atomic E-state index is -0.0944. The number of nitrogens with zero attached hydrogens (tertiary/aromatic N) is 1. The highest BCUT2D eigenvalue weighted by Gasteiger charge is 2.36. The van der Waals surface area contributed by atoms with E-state index < -0.39 is 0 Å². The smallest absolute Gasteiger partial charge is 0.228 e. The van der Waals surface area contributed by atoms with Gasteiger partial charge in [-0.25, -0.2) is 0 Å². The molecule has 16 heavy (non-hydrogen) atoms. The van der Waals surface area contributed by atoms with Gasteiger partial charge in [-0.3, -0.25) is 4.79 Å². The standard InChI is InChI=1S/C13H26N2O/c1-3-15(11-7-10-14)12(16)13(2)8-5-4-6-9-13/h3-11,14H2,1-2H3. The monoisotopic (exact) mass is 226 g/mol. The number of hydrogen-bond donors (Lipinski definition) is 1. The first-order valence-electron chi connectivity index (χ1n) is 6.63. The molecule has 0 atom stereocenters. The molecule has 1 rings (SSSR count). The number of carbonyl (C=O) groups is 1. The minimum Gasteiger partial charge on any atom is -0.342 e. The van der Waals surface area contributed by atoms with Gasteiger partial charge in [-0.1, -0.05) is 26.2 Å². The maximum Gasteiger partial charge on any atom is 0.228 e. The molecule has 0 spiro atoms. The zero-order valence-corrected chi connectivity index (χ0v) is 10.8. The summed E-state index contributed by atoms with van der Waals surface area (Å²) in [5.74, 6) is 0.350. The van der Waals surface area contributed by atoms with E-state index in [9.17, 15) is 4.79 Å². The molecule has 0 bridgehead atoms. The van der Waals surface area contributed by atoms with Gasteiger partial charge in [0.15, 0.2) is 0 Å². The van der Waals surface area contributed by atoms with Crippen LogP contribution in [0.5, 0.6) is 0 Å². The van der Waals surface area contributed by atoms with Crippen molar-refractivity contribution >= 4 is 5.91 Å². The summed E-state index contributed by atoms with van der Waals surface area (Å²) in [7, 11) is 0. The molecule has 3 heteroatoms. The van der Waals surface area contributed by atoms with Gasteiger partial charge in [0.2, 0.25) is 5.91 Å². The Labute approximate surface area is 99.4 Å². The predicted octanol–water partition coefficient (Wildman–Crippen LogP) is 2.15. The van der Waals surface area contributed by atoms with Crippen LogP contribution in [-0.2, 0) is 4.79 Å². The molecule has 0 aromatic rings. The average molecular weight is 226 g/mol. The summed E-state index contributed by atoms with van der Waals surface area (Å²) in [6, 6.07) is 0. The zero-order valence-electron chi connectivity index (χ0n) is 10.8. The molecular weight excluding hydrogens is 200 g/mol. The van der Waals surface area contributed by atoms with Gasteiger partial charge in [0, 0.05) is 18.5 Å². The molecule has 1 amide bonds. The fourth-order valence-corrected chi connectivity index (χ4v) is 2.61. The number of carbonyl (C=O) groups excluding carboxylic acids is 1. The van der Waals surface area contributed by atoms with Crippen molar-refractivity contribution in [2.24, 2.45) is 11.1 Å². The number of hydrogen-bond acceptors (Lipinski definition) is 2. The molecule has 0 saturated heterocycles. The van der Waals surface area contributed by atoms with Gasteiger partial charge in [0.25, 0.3) is 0 Å². The molecule has 94 valence electrons. The van der Waals surface area contributed by atoms with E-state index in [0.29, 0.717) is 12.5 Å². The van der Waals surface area contributed by atoms with Gasteiger partial charge in [-0.2, -0.15) is 0 Å². The number of amides is 1. The first-order chi connectivity index (χ1) is 7.64. The third-order valence-corrected chi connectivity index (χ3v) is 3.77. The van der Waals surface area contributed by atoms with Gasteiger partial charge in [-0.05, 0) is 32.7 Å². The van der Waals surface area contributed by atoms with Crippen LogP contribution < -0.4 is 5.73 Å². The van der Waals surface area contributed by atoms with Crippen molar-refractivity contribution in [2.45, 2.75) is 52.4 Å². The van der Waals surface area contributed by atoms with E-state index in [1.165, 1.54) is 19.3 Å². The Morgan fingerprint density at radius 2 is 1.94 bits per heavy atom. The van der Waals surface area contributed by atoms with Crippen LogP contribution in [0.15, 0.2) is 0 Å². The molecule has 0 heterocycles. The molecule has 0 unspecified atom stereocenters. The van der Waals surface area contributed by atoms with Gasteiger partial charge >= 0.3 is 0 Å². The Bertz CT molecular complexity index is 222. The second-order valence-electron chi connectivity index (χ2n) is 5.15. The minimum absolute atomic E-state index is 0.0944. The molecule has 1 aliphatic carbocycles. The maximum absolute atomic E-state index is 12.4. The summed E-state index contributed by atoms with van der Waals surface area (Å²) in [6.45, 7) is 6.50. The van der Waals surface area contributed by atoms with Gasteiger partial charge in [0.05, 0.1) is 0 Å². The van der Waals surface area contributed by atoms with E-state index in [1.807, 2.05) is 4.90 Å². The third kappa shape index (κ3) is 3.21. The van der Waals surface area contributed by atoms with E-state index in [4.69, 9.17) is 5.73 Å². The third-order valence-electron chi connectivity index (χ3n) is 3.77. The summed E-state index contributed by atoms with van der Waals surface area (Å²) < 4.78 is 0. The summed E-state index contributed by atoms with van der Waals surface area (Å²) in [4.78, 5) is 14.4. The predicted molar refractivity (Wildman–Crippen MR) is 67.1 cm³/mol. The second-order valence-corrected chi connectivity index (χ2v) is 5.15. The Balaban J connectivity index is 2.58. The van der Waals surface area contributed by atoms with Crippen LogP contribution in [0.2, 0.25) is 0 Å². The zero-order chi connectivity index (χ0) is 12.0. The SMILES string of the molecule is CCN(CCCN)C(=O)C1(C)CCCCC1. The Hall–Kier alpha value is -0.570. The maximum atomic E-state index is 12.4. The molecule has 1 aliphatic rings. The largest absolute Gasteiger partial charge is 0.342 e. The quantitative estimate of drug-likeness (QED) is 0.781. The fraction of sp³-hybridized carbons (Fsp3) is 0.923. The fourth-order valence-electron chi connectivity index (χ4n) is 2.61. The van der Waals surface area contributed by atoms with Crippen LogP contribution in [0.1, 0.15) is 52.4 Å². The molecule has 0 aliphatic heterocycles. The van der Waals surface area contributed by atoms with Crippen molar-refractivity contribution in [3.05, 3.63) is 0 Å². The molecule has 0 aromatic heterocycles. The lowest BCUT2D eigenvalue weighted by atomic mass is 9.74. The van der Waals surface area contributed by atoms with Crippen molar-refractivity contribution in [1.29, 1.82) is 0 Å². The van der Waals surface area contributed by atoms with Crippen molar-refractivity contribution < 1.29 is 4.79 Å². The van der Waals surface area contributed by atoms with Gasteiger partial charge < -0.3 is 10.6 Å². The van der Waals surface area contributed by atoms with E-state index in [0.717, 1.165) is 32.4 Å².